The van der Waals surface area contributed by atoms with Gasteiger partial charge in [0.15, 0.2) is 0 Å². The molecular formula is C13H17Cl2NO3S2. The summed E-state index contributed by atoms with van der Waals surface area (Å²) in [6.07, 6.45) is 3.33. The first-order valence-electron chi connectivity index (χ1n) is 6.64. The third-order valence-electron chi connectivity index (χ3n) is 3.31. The summed E-state index contributed by atoms with van der Waals surface area (Å²) in [6, 6.07) is 2.76. The number of benzene rings is 1. The topological polar surface area (TPSA) is 66.4 Å². The highest BCUT2D eigenvalue weighted by Gasteiger charge is 2.23. The Hall–Kier alpha value is 0.0200. The zero-order valence-corrected chi connectivity index (χ0v) is 14.5. The van der Waals surface area contributed by atoms with Crippen LogP contribution in [0.25, 0.3) is 0 Å². The van der Waals surface area contributed by atoms with E-state index in [2.05, 4.69) is 4.72 Å². The van der Waals surface area contributed by atoms with Gasteiger partial charge in [0.05, 0.1) is 11.6 Å². The van der Waals surface area contributed by atoms with Crippen LogP contribution in [0, 0.1) is 0 Å². The first-order valence-corrected chi connectivity index (χ1v) is 9.93. The average Bonchev–Trinajstić information content (AvgIpc) is 2.48. The number of aliphatic hydroxyl groups is 1. The van der Waals surface area contributed by atoms with Crippen molar-refractivity contribution in [2.75, 3.05) is 12.3 Å². The van der Waals surface area contributed by atoms with E-state index in [4.69, 9.17) is 23.2 Å². The molecule has 2 N–H and O–H groups in total. The van der Waals surface area contributed by atoms with E-state index in [9.17, 15) is 13.5 Å². The predicted octanol–water partition coefficient (Wildman–Crippen LogP) is 3.05. The van der Waals surface area contributed by atoms with Crippen LogP contribution in [-0.2, 0) is 16.6 Å². The Morgan fingerprint density at radius 3 is 2.71 bits per heavy atom. The fourth-order valence-corrected chi connectivity index (χ4v) is 5.53. The lowest BCUT2D eigenvalue weighted by molar-refractivity contribution is 0.281. The zero-order chi connectivity index (χ0) is 15.5. The van der Waals surface area contributed by atoms with E-state index in [0.29, 0.717) is 17.4 Å². The van der Waals surface area contributed by atoms with Crippen LogP contribution in [0.5, 0.6) is 0 Å². The van der Waals surface area contributed by atoms with Gasteiger partial charge in [0.1, 0.15) is 4.90 Å². The normalized spacial score (nSPS) is 19.7. The number of nitrogens with one attached hydrogen (secondary N) is 1. The summed E-state index contributed by atoms with van der Waals surface area (Å²) in [7, 11) is -3.74. The maximum atomic E-state index is 12.4. The Bertz CT molecular complexity index is 602. The van der Waals surface area contributed by atoms with Gasteiger partial charge in [0.25, 0.3) is 0 Å². The SMILES string of the molecule is O=S(=O)(NCC1CCCCS1)c1cc(Cl)cc(CO)c1Cl. The Labute approximate surface area is 139 Å². The van der Waals surface area contributed by atoms with Gasteiger partial charge < -0.3 is 5.11 Å². The molecule has 8 heteroatoms. The summed E-state index contributed by atoms with van der Waals surface area (Å²) in [4.78, 5) is -0.0819. The van der Waals surface area contributed by atoms with Crippen LogP contribution >= 0.6 is 35.0 Å². The third kappa shape index (κ3) is 4.50. The first-order chi connectivity index (χ1) is 9.94. The van der Waals surface area contributed by atoms with Crippen molar-refractivity contribution in [3.05, 3.63) is 27.7 Å². The van der Waals surface area contributed by atoms with Gasteiger partial charge in [0, 0.05) is 16.8 Å². The van der Waals surface area contributed by atoms with Crippen LogP contribution in [0.3, 0.4) is 0 Å². The van der Waals surface area contributed by atoms with Crippen molar-refractivity contribution in [3.63, 3.8) is 0 Å². The Kier molecular flexibility index (Phi) is 6.23. The van der Waals surface area contributed by atoms with Crippen LogP contribution in [-0.4, -0.2) is 31.1 Å². The van der Waals surface area contributed by atoms with Gasteiger partial charge in [-0.1, -0.05) is 29.6 Å². The lowest BCUT2D eigenvalue weighted by Crippen LogP contribution is -2.32. The average molecular weight is 370 g/mol. The lowest BCUT2D eigenvalue weighted by Gasteiger charge is -2.21. The second kappa shape index (κ2) is 7.53. The molecule has 0 aliphatic carbocycles. The quantitative estimate of drug-likeness (QED) is 0.836. The molecule has 21 heavy (non-hydrogen) atoms. The molecule has 2 rings (SSSR count). The molecule has 1 aliphatic heterocycles. The molecule has 0 radical (unpaired) electrons. The van der Waals surface area contributed by atoms with Crippen LogP contribution in [0.15, 0.2) is 17.0 Å². The van der Waals surface area contributed by atoms with Crippen LogP contribution in [0.2, 0.25) is 10.0 Å². The van der Waals surface area contributed by atoms with Crippen LogP contribution in [0.1, 0.15) is 24.8 Å². The zero-order valence-electron chi connectivity index (χ0n) is 11.3. The number of aliphatic hydroxyl groups excluding tert-OH is 1. The van der Waals surface area contributed by atoms with Gasteiger partial charge in [-0.05, 0) is 36.3 Å². The number of sulfonamides is 1. The number of hydrogen-bond acceptors (Lipinski definition) is 4. The van der Waals surface area contributed by atoms with E-state index >= 15 is 0 Å². The van der Waals surface area contributed by atoms with Gasteiger partial charge in [0.2, 0.25) is 10.0 Å². The molecule has 1 heterocycles. The Morgan fingerprint density at radius 2 is 2.10 bits per heavy atom. The molecule has 0 spiro atoms. The predicted molar refractivity (Wildman–Crippen MR) is 87.7 cm³/mol. The Morgan fingerprint density at radius 1 is 1.33 bits per heavy atom. The number of rotatable bonds is 5. The molecular weight excluding hydrogens is 353 g/mol. The standard InChI is InChI=1S/C13H17Cl2NO3S2/c14-10-5-9(8-17)13(15)12(6-10)21(18,19)16-7-11-3-1-2-4-20-11/h5-6,11,16-17H,1-4,7-8H2. The molecule has 1 atom stereocenters. The number of hydrogen-bond donors (Lipinski definition) is 2. The fraction of sp³-hybridized carbons (Fsp3) is 0.538. The van der Waals surface area contributed by atoms with E-state index in [1.165, 1.54) is 18.6 Å². The van der Waals surface area contributed by atoms with Crippen molar-refractivity contribution < 1.29 is 13.5 Å². The van der Waals surface area contributed by atoms with Crippen molar-refractivity contribution >= 4 is 45.0 Å². The van der Waals surface area contributed by atoms with Gasteiger partial charge in [-0.2, -0.15) is 11.8 Å². The highest BCUT2D eigenvalue weighted by Crippen LogP contribution is 2.30. The van der Waals surface area contributed by atoms with Crippen molar-refractivity contribution in [3.8, 4) is 0 Å². The molecule has 0 amide bonds. The largest absolute Gasteiger partial charge is 0.392 e. The summed E-state index contributed by atoms with van der Waals surface area (Å²) < 4.78 is 27.3. The van der Waals surface area contributed by atoms with Crippen molar-refractivity contribution in [1.82, 2.24) is 4.72 Å². The second-order valence-corrected chi connectivity index (χ2v) is 8.83. The molecule has 1 aliphatic rings. The summed E-state index contributed by atoms with van der Waals surface area (Å²) in [5.41, 5.74) is 0.302. The molecule has 1 aromatic rings. The molecule has 0 bridgehead atoms. The van der Waals surface area contributed by atoms with Gasteiger partial charge in [-0.15, -0.1) is 0 Å². The minimum Gasteiger partial charge on any atom is -0.392 e. The van der Waals surface area contributed by atoms with E-state index < -0.39 is 10.0 Å². The second-order valence-electron chi connectivity index (χ2n) is 4.88. The molecule has 118 valence electrons. The monoisotopic (exact) mass is 369 g/mol. The van der Waals surface area contributed by atoms with Gasteiger partial charge >= 0.3 is 0 Å². The highest BCUT2D eigenvalue weighted by atomic mass is 35.5. The first kappa shape index (κ1) is 17.4. The maximum Gasteiger partial charge on any atom is 0.242 e. The summed E-state index contributed by atoms with van der Waals surface area (Å²) >= 11 is 13.7. The maximum absolute atomic E-state index is 12.4. The molecule has 0 saturated carbocycles. The highest BCUT2D eigenvalue weighted by molar-refractivity contribution is 8.00. The molecule has 4 nitrogen and oxygen atoms in total. The van der Waals surface area contributed by atoms with Crippen LogP contribution < -0.4 is 4.72 Å². The van der Waals surface area contributed by atoms with Crippen molar-refractivity contribution in [2.24, 2.45) is 0 Å². The molecule has 1 unspecified atom stereocenters. The molecule has 1 fully saturated rings. The van der Waals surface area contributed by atoms with E-state index in [1.54, 1.807) is 11.8 Å². The fourth-order valence-electron chi connectivity index (χ4n) is 2.18. The molecule has 0 aromatic heterocycles. The van der Waals surface area contributed by atoms with E-state index in [-0.39, 0.29) is 21.5 Å². The minimum absolute atomic E-state index is 0.0192. The Balaban J connectivity index is 2.17. The summed E-state index contributed by atoms with van der Waals surface area (Å²) in [5, 5.41) is 9.75. The van der Waals surface area contributed by atoms with E-state index in [0.717, 1.165) is 18.6 Å². The number of thioether (sulfide) groups is 1. The smallest absolute Gasteiger partial charge is 0.242 e. The van der Waals surface area contributed by atoms with E-state index in [1.807, 2.05) is 0 Å². The summed E-state index contributed by atoms with van der Waals surface area (Å²) in [6.45, 7) is 0.0185. The van der Waals surface area contributed by atoms with Crippen molar-refractivity contribution in [2.45, 2.75) is 36.0 Å². The molecule has 1 aromatic carbocycles. The third-order valence-corrected chi connectivity index (χ3v) is 6.94. The van der Waals surface area contributed by atoms with Crippen molar-refractivity contribution in [1.29, 1.82) is 0 Å². The molecule has 1 saturated heterocycles. The van der Waals surface area contributed by atoms with Gasteiger partial charge in [-0.25, -0.2) is 13.1 Å². The minimum atomic E-state index is -3.74. The number of halogens is 2. The van der Waals surface area contributed by atoms with Crippen LogP contribution in [0.4, 0.5) is 0 Å². The lowest BCUT2D eigenvalue weighted by atomic mass is 10.2. The summed E-state index contributed by atoms with van der Waals surface area (Å²) in [5.74, 6) is 1.07. The van der Waals surface area contributed by atoms with Gasteiger partial charge in [-0.3, -0.25) is 0 Å².